The standard InChI is InChI=1S/C18H34N4O5S.HI/c1-3-19-18(22-10-7-15(8-11-22)17(23)26-2)20-9-13-28(24,25)21-14-16-6-4-5-12-27-16;/h15-16,21H,3-14H2,1-2H3,(H,19,20);1H. The second-order valence-electron chi connectivity index (χ2n) is 7.18. The van der Waals surface area contributed by atoms with E-state index in [1.807, 2.05) is 6.92 Å². The Hall–Kier alpha value is -0.660. The van der Waals surface area contributed by atoms with Gasteiger partial charge in [-0.2, -0.15) is 0 Å². The molecule has 0 aromatic carbocycles. The van der Waals surface area contributed by atoms with Crippen molar-refractivity contribution in [3.63, 3.8) is 0 Å². The van der Waals surface area contributed by atoms with E-state index in [4.69, 9.17) is 9.47 Å². The Bertz CT molecular complexity index is 618. The van der Waals surface area contributed by atoms with Crippen LogP contribution in [0, 0.1) is 5.92 Å². The zero-order chi connectivity index (χ0) is 20.4. The lowest BCUT2D eigenvalue weighted by Gasteiger charge is -2.33. The Morgan fingerprint density at radius 1 is 1.24 bits per heavy atom. The van der Waals surface area contributed by atoms with Gasteiger partial charge in [0.1, 0.15) is 0 Å². The van der Waals surface area contributed by atoms with Crippen molar-refractivity contribution < 1.29 is 22.7 Å². The van der Waals surface area contributed by atoms with E-state index in [0.29, 0.717) is 51.6 Å². The molecule has 170 valence electrons. The van der Waals surface area contributed by atoms with Crippen molar-refractivity contribution >= 4 is 45.9 Å². The minimum Gasteiger partial charge on any atom is -0.469 e. The second kappa shape index (κ2) is 13.6. The number of methoxy groups -OCH3 is 1. The molecule has 29 heavy (non-hydrogen) atoms. The minimum absolute atomic E-state index is 0. The topological polar surface area (TPSA) is 109 Å². The van der Waals surface area contributed by atoms with Gasteiger partial charge in [-0.25, -0.2) is 13.1 Å². The van der Waals surface area contributed by atoms with Crippen molar-refractivity contribution in [2.45, 2.75) is 45.1 Å². The first kappa shape index (κ1) is 26.4. The molecule has 1 atom stereocenters. The summed E-state index contributed by atoms with van der Waals surface area (Å²) >= 11 is 0. The Balaban J connectivity index is 0.00000420. The van der Waals surface area contributed by atoms with Crippen molar-refractivity contribution in [2.75, 3.05) is 52.2 Å². The van der Waals surface area contributed by atoms with Crippen LogP contribution in [0.5, 0.6) is 0 Å². The van der Waals surface area contributed by atoms with Crippen LogP contribution in [0.1, 0.15) is 39.0 Å². The van der Waals surface area contributed by atoms with Crippen LogP contribution in [0.15, 0.2) is 4.99 Å². The highest BCUT2D eigenvalue weighted by molar-refractivity contribution is 14.0. The number of carbonyl (C=O) groups excluding carboxylic acids is 1. The first-order valence-electron chi connectivity index (χ1n) is 10.1. The fourth-order valence-electron chi connectivity index (χ4n) is 3.45. The summed E-state index contributed by atoms with van der Waals surface area (Å²) in [4.78, 5) is 18.2. The number of piperidine rings is 1. The third kappa shape index (κ3) is 9.35. The normalized spacial score (nSPS) is 21.4. The van der Waals surface area contributed by atoms with Crippen LogP contribution < -0.4 is 10.0 Å². The molecule has 0 spiro atoms. The summed E-state index contributed by atoms with van der Waals surface area (Å²) < 4.78 is 37.4. The molecular formula is C18H35IN4O5S. The van der Waals surface area contributed by atoms with Crippen molar-refractivity contribution in [3.8, 4) is 0 Å². The summed E-state index contributed by atoms with van der Waals surface area (Å²) in [6.07, 6.45) is 4.40. The molecule has 2 N–H and O–H groups in total. The third-order valence-electron chi connectivity index (χ3n) is 5.09. The number of halogens is 1. The van der Waals surface area contributed by atoms with Crippen molar-refractivity contribution in [1.29, 1.82) is 0 Å². The molecule has 9 nitrogen and oxygen atoms in total. The van der Waals surface area contributed by atoms with Gasteiger partial charge in [-0.3, -0.25) is 9.79 Å². The molecule has 2 fully saturated rings. The van der Waals surface area contributed by atoms with E-state index in [1.165, 1.54) is 7.11 Å². The van der Waals surface area contributed by atoms with Crippen LogP contribution in [0.3, 0.4) is 0 Å². The molecule has 0 amide bonds. The van der Waals surface area contributed by atoms with Crippen LogP contribution >= 0.6 is 24.0 Å². The highest BCUT2D eigenvalue weighted by Gasteiger charge is 2.27. The maximum absolute atomic E-state index is 12.2. The van der Waals surface area contributed by atoms with Gasteiger partial charge in [-0.15, -0.1) is 24.0 Å². The quantitative estimate of drug-likeness (QED) is 0.202. The van der Waals surface area contributed by atoms with Gasteiger partial charge < -0.3 is 19.7 Å². The summed E-state index contributed by atoms with van der Waals surface area (Å²) in [5.74, 6) is 0.390. The maximum atomic E-state index is 12.2. The predicted octanol–water partition coefficient (Wildman–Crippen LogP) is 0.943. The number of sulfonamides is 1. The van der Waals surface area contributed by atoms with Gasteiger partial charge in [-0.1, -0.05) is 0 Å². The number of hydrogen-bond acceptors (Lipinski definition) is 6. The zero-order valence-electron chi connectivity index (χ0n) is 17.4. The van der Waals surface area contributed by atoms with Crippen LogP contribution in [0.4, 0.5) is 0 Å². The van der Waals surface area contributed by atoms with E-state index >= 15 is 0 Å². The molecule has 11 heteroatoms. The number of esters is 1. The van der Waals surface area contributed by atoms with Gasteiger partial charge in [0, 0.05) is 32.8 Å². The lowest BCUT2D eigenvalue weighted by molar-refractivity contribution is -0.146. The van der Waals surface area contributed by atoms with Gasteiger partial charge in [0.05, 0.1) is 31.4 Å². The SMILES string of the molecule is CCNC(=NCCS(=O)(=O)NCC1CCCCO1)N1CCC(C(=O)OC)CC1.I. The van der Waals surface area contributed by atoms with E-state index in [9.17, 15) is 13.2 Å². The summed E-state index contributed by atoms with van der Waals surface area (Å²) in [5, 5.41) is 3.20. The zero-order valence-corrected chi connectivity index (χ0v) is 20.5. The van der Waals surface area contributed by atoms with Crippen LogP contribution in [-0.4, -0.2) is 83.5 Å². The Morgan fingerprint density at radius 2 is 1.97 bits per heavy atom. The molecule has 0 aromatic heterocycles. The van der Waals surface area contributed by atoms with Gasteiger partial charge >= 0.3 is 5.97 Å². The number of carbonyl (C=O) groups is 1. The average Bonchev–Trinajstić information content (AvgIpc) is 2.72. The number of aliphatic imine (C=N–C) groups is 1. The molecular weight excluding hydrogens is 511 g/mol. The molecule has 0 saturated carbocycles. The van der Waals surface area contributed by atoms with Crippen LogP contribution in [-0.2, 0) is 24.3 Å². The number of likely N-dealkylation sites (tertiary alicyclic amines) is 1. The maximum Gasteiger partial charge on any atom is 0.308 e. The molecule has 0 aromatic rings. The lowest BCUT2D eigenvalue weighted by atomic mass is 9.97. The molecule has 2 aliphatic rings. The number of nitrogens with zero attached hydrogens (tertiary/aromatic N) is 2. The summed E-state index contributed by atoms with van der Waals surface area (Å²) in [6.45, 7) is 5.26. The molecule has 0 radical (unpaired) electrons. The monoisotopic (exact) mass is 546 g/mol. The molecule has 2 saturated heterocycles. The van der Waals surface area contributed by atoms with E-state index in [2.05, 4.69) is 19.9 Å². The van der Waals surface area contributed by atoms with Gasteiger partial charge in [0.2, 0.25) is 10.0 Å². The highest BCUT2D eigenvalue weighted by Crippen LogP contribution is 2.18. The predicted molar refractivity (Wildman–Crippen MR) is 123 cm³/mol. The van der Waals surface area contributed by atoms with E-state index in [1.54, 1.807) is 0 Å². The van der Waals surface area contributed by atoms with E-state index < -0.39 is 10.0 Å². The summed E-state index contributed by atoms with van der Waals surface area (Å²) in [6, 6.07) is 0. The largest absolute Gasteiger partial charge is 0.469 e. The first-order chi connectivity index (χ1) is 13.4. The molecule has 2 heterocycles. The number of guanidine groups is 1. The molecule has 2 rings (SSSR count). The van der Waals surface area contributed by atoms with Crippen molar-refractivity contribution in [3.05, 3.63) is 0 Å². The number of hydrogen-bond donors (Lipinski definition) is 2. The van der Waals surface area contributed by atoms with Crippen molar-refractivity contribution in [2.24, 2.45) is 10.9 Å². The number of nitrogens with one attached hydrogen (secondary N) is 2. The second-order valence-corrected chi connectivity index (χ2v) is 9.10. The Labute approximate surface area is 191 Å². The fourth-order valence-corrected chi connectivity index (χ4v) is 4.37. The third-order valence-corrected chi connectivity index (χ3v) is 6.42. The highest BCUT2D eigenvalue weighted by atomic mass is 127. The minimum atomic E-state index is -3.39. The van der Waals surface area contributed by atoms with Gasteiger partial charge in [0.25, 0.3) is 0 Å². The summed E-state index contributed by atoms with van der Waals surface area (Å²) in [5.41, 5.74) is 0. The Kier molecular flexibility index (Phi) is 12.4. The van der Waals surface area contributed by atoms with E-state index in [0.717, 1.165) is 19.3 Å². The molecule has 2 aliphatic heterocycles. The van der Waals surface area contributed by atoms with Gasteiger partial charge in [0.15, 0.2) is 5.96 Å². The van der Waals surface area contributed by atoms with Crippen molar-refractivity contribution in [1.82, 2.24) is 14.9 Å². The first-order valence-corrected chi connectivity index (χ1v) is 11.8. The fraction of sp³-hybridized carbons (Fsp3) is 0.889. The van der Waals surface area contributed by atoms with Crippen LogP contribution in [0.25, 0.3) is 0 Å². The molecule has 0 aliphatic carbocycles. The van der Waals surface area contributed by atoms with Gasteiger partial charge in [-0.05, 0) is 39.0 Å². The Morgan fingerprint density at radius 3 is 2.55 bits per heavy atom. The molecule has 0 bridgehead atoms. The number of ether oxygens (including phenoxy) is 2. The van der Waals surface area contributed by atoms with E-state index in [-0.39, 0.29) is 54.3 Å². The lowest BCUT2D eigenvalue weighted by Crippen LogP contribution is -2.47. The smallest absolute Gasteiger partial charge is 0.308 e. The van der Waals surface area contributed by atoms with Crippen LogP contribution in [0.2, 0.25) is 0 Å². The number of rotatable bonds is 8. The summed E-state index contributed by atoms with van der Waals surface area (Å²) in [7, 11) is -1.98. The average molecular weight is 546 g/mol. The molecule has 1 unspecified atom stereocenters.